The van der Waals surface area contributed by atoms with E-state index in [1.54, 1.807) is 31.4 Å². The fourth-order valence-electron chi connectivity index (χ4n) is 4.34. The zero-order chi connectivity index (χ0) is 25.6. The number of ether oxygens (including phenoxy) is 2. The molecule has 0 aliphatic carbocycles. The smallest absolute Gasteiger partial charge is 0.343 e. The summed E-state index contributed by atoms with van der Waals surface area (Å²) in [5.41, 5.74) is 3.09. The van der Waals surface area contributed by atoms with Gasteiger partial charge in [0.1, 0.15) is 11.5 Å². The number of para-hydroxylation sites is 2. The maximum atomic E-state index is 12.8. The molecule has 5 nitrogen and oxygen atoms in total. The molecule has 0 amide bonds. The van der Waals surface area contributed by atoms with Crippen molar-refractivity contribution in [3.63, 3.8) is 0 Å². The van der Waals surface area contributed by atoms with Gasteiger partial charge in [0.15, 0.2) is 22.4 Å². The molecule has 0 unspecified atom stereocenters. The van der Waals surface area contributed by atoms with Crippen molar-refractivity contribution in [1.82, 2.24) is 0 Å². The van der Waals surface area contributed by atoms with Crippen LogP contribution in [0.4, 0.5) is 0 Å². The van der Waals surface area contributed by atoms with Gasteiger partial charge in [-0.3, -0.25) is 4.79 Å². The second-order valence-electron chi connectivity index (χ2n) is 9.92. The standard InChI is InChI=1S/C28H34O5Si2/c1-21(29)22-15-17-23(18-16-22)28(30)32-27-14-10-8-12-25(27)20-35(5,6)33-34(3,4)19-24-11-7-9-13-26(24)31-2/h7-18H,19-20H2,1-6H3. The molecule has 0 fully saturated rings. The number of esters is 1. The molecule has 35 heavy (non-hydrogen) atoms. The third-order valence-corrected chi connectivity index (χ3v) is 12.6. The minimum atomic E-state index is -2.15. The third kappa shape index (κ3) is 7.49. The van der Waals surface area contributed by atoms with Gasteiger partial charge < -0.3 is 13.6 Å². The molecular weight excluding hydrogens is 472 g/mol. The lowest BCUT2D eigenvalue weighted by atomic mass is 10.1. The van der Waals surface area contributed by atoms with Crippen LogP contribution >= 0.6 is 0 Å². The molecule has 0 saturated heterocycles. The van der Waals surface area contributed by atoms with Gasteiger partial charge in [0, 0.05) is 5.56 Å². The number of hydrogen-bond acceptors (Lipinski definition) is 5. The van der Waals surface area contributed by atoms with Crippen LogP contribution in [0.25, 0.3) is 0 Å². The monoisotopic (exact) mass is 506 g/mol. The van der Waals surface area contributed by atoms with Crippen LogP contribution in [-0.4, -0.2) is 35.5 Å². The highest BCUT2D eigenvalue weighted by atomic mass is 28.4. The van der Waals surface area contributed by atoms with E-state index in [4.69, 9.17) is 13.6 Å². The molecule has 0 spiro atoms. The first-order valence-corrected chi connectivity index (χ1v) is 18.0. The lowest BCUT2D eigenvalue weighted by Crippen LogP contribution is -2.47. The predicted octanol–water partition coefficient (Wildman–Crippen LogP) is 6.41. The molecule has 0 aliphatic rings. The molecule has 3 aromatic carbocycles. The van der Waals surface area contributed by atoms with Gasteiger partial charge in [0.25, 0.3) is 0 Å². The minimum absolute atomic E-state index is 0.0420. The maximum Gasteiger partial charge on any atom is 0.343 e. The van der Waals surface area contributed by atoms with Crippen molar-refractivity contribution in [3.8, 4) is 11.5 Å². The Bertz CT molecular complexity index is 1190. The number of carbonyl (C=O) groups is 2. The predicted molar refractivity (Wildman–Crippen MR) is 144 cm³/mol. The van der Waals surface area contributed by atoms with Crippen molar-refractivity contribution in [2.75, 3.05) is 7.11 Å². The van der Waals surface area contributed by atoms with Gasteiger partial charge in [-0.05, 0) is 80.6 Å². The van der Waals surface area contributed by atoms with Crippen molar-refractivity contribution < 1.29 is 23.2 Å². The van der Waals surface area contributed by atoms with Crippen molar-refractivity contribution >= 4 is 28.4 Å². The molecule has 0 N–H and O–H groups in total. The van der Waals surface area contributed by atoms with Crippen LogP contribution in [-0.2, 0) is 16.2 Å². The van der Waals surface area contributed by atoms with Crippen LogP contribution in [0.15, 0.2) is 72.8 Å². The molecule has 0 radical (unpaired) electrons. The summed E-state index contributed by atoms with van der Waals surface area (Å²) in [5.74, 6) is 0.949. The Morgan fingerprint density at radius 3 is 1.66 bits per heavy atom. The summed E-state index contributed by atoms with van der Waals surface area (Å²) in [5, 5.41) is 0. The molecule has 7 heteroatoms. The van der Waals surface area contributed by atoms with Crippen LogP contribution in [0.1, 0.15) is 38.8 Å². The molecular formula is C28H34O5Si2. The van der Waals surface area contributed by atoms with Gasteiger partial charge in [0.2, 0.25) is 0 Å². The van der Waals surface area contributed by atoms with Crippen molar-refractivity contribution in [2.24, 2.45) is 0 Å². The summed E-state index contributed by atoms with van der Waals surface area (Å²) in [7, 11) is -2.50. The Kier molecular flexibility index (Phi) is 8.48. The number of hydrogen-bond donors (Lipinski definition) is 0. The second kappa shape index (κ2) is 11.2. The summed E-state index contributed by atoms with van der Waals surface area (Å²) in [4.78, 5) is 24.3. The second-order valence-corrected chi connectivity index (χ2v) is 18.5. The Morgan fingerprint density at radius 1 is 0.686 bits per heavy atom. The summed E-state index contributed by atoms with van der Waals surface area (Å²) in [6.07, 6.45) is 0. The van der Waals surface area contributed by atoms with E-state index in [1.807, 2.05) is 42.5 Å². The van der Waals surface area contributed by atoms with Crippen LogP contribution in [0, 0.1) is 0 Å². The van der Waals surface area contributed by atoms with Gasteiger partial charge in [-0.25, -0.2) is 4.79 Å². The minimum Gasteiger partial charge on any atom is -0.496 e. The number of ketones is 1. The highest BCUT2D eigenvalue weighted by Crippen LogP contribution is 2.29. The van der Waals surface area contributed by atoms with E-state index in [0.29, 0.717) is 16.9 Å². The Hall–Kier alpha value is -3.01. The molecule has 0 atom stereocenters. The molecule has 0 bridgehead atoms. The van der Waals surface area contributed by atoms with Gasteiger partial charge in [-0.1, -0.05) is 48.5 Å². The maximum absolute atomic E-state index is 12.8. The largest absolute Gasteiger partial charge is 0.496 e. The number of Topliss-reactive ketones (excluding diaryl/α,β-unsaturated/α-hetero) is 1. The molecule has 0 aliphatic heterocycles. The first-order chi connectivity index (χ1) is 16.5. The van der Waals surface area contributed by atoms with Crippen LogP contribution in [0.3, 0.4) is 0 Å². The SMILES string of the molecule is COc1ccccc1C[Si](C)(C)O[Si](C)(C)Cc1ccccc1OC(=O)c1ccc(C(C)=O)cc1. The zero-order valence-corrected chi connectivity index (χ0v) is 23.4. The van der Waals surface area contributed by atoms with E-state index < -0.39 is 22.6 Å². The van der Waals surface area contributed by atoms with Crippen molar-refractivity contribution in [3.05, 3.63) is 95.1 Å². The molecule has 0 aromatic heterocycles. The topological polar surface area (TPSA) is 61.8 Å². The molecule has 3 aromatic rings. The lowest BCUT2D eigenvalue weighted by molar-refractivity contribution is 0.0732. The lowest BCUT2D eigenvalue weighted by Gasteiger charge is -2.34. The van der Waals surface area contributed by atoms with Crippen LogP contribution in [0.2, 0.25) is 26.2 Å². The molecule has 3 rings (SSSR count). The average Bonchev–Trinajstić information content (AvgIpc) is 2.79. The van der Waals surface area contributed by atoms with Crippen molar-refractivity contribution in [1.29, 1.82) is 0 Å². The Balaban J connectivity index is 1.72. The molecule has 0 saturated carbocycles. The number of methoxy groups -OCH3 is 1. The Labute approximate surface area is 210 Å². The van der Waals surface area contributed by atoms with Crippen molar-refractivity contribution in [2.45, 2.75) is 45.2 Å². The quantitative estimate of drug-likeness (QED) is 0.138. The number of carbonyl (C=O) groups excluding carboxylic acids is 2. The molecule has 184 valence electrons. The van der Waals surface area contributed by atoms with E-state index in [9.17, 15) is 9.59 Å². The van der Waals surface area contributed by atoms with Gasteiger partial charge in [0.05, 0.1) is 12.7 Å². The summed E-state index contributed by atoms with van der Waals surface area (Å²) in [6, 6.07) is 23.8. The number of benzene rings is 3. The fraction of sp³-hybridized carbons (Fsp3) is 0.286. The first-order valence-electron chi connectivity index (χ1n) is 11.7. The van der Waals surface area contributed by atoms with Gasteiger partial charge in [-0.2, -0.15) is 0 Å². The zero-order valence-electron chi connectivity index (χ0n) is 21.4. The van der Waals surface area contributed by atoms with Crippen LogP contribution in [0.5, 0.6) is 11.5 Å². The van der Waals surface area contributed by atoms with Crippen LogP contribution < -0.4 is 9.47 Å². The summed E-state index contributed by atoms with van der Waals surface area (Å²) in [6.45, 7) is 10.4. The first kappa shape index (κ1) is 26.6. The molecule has 0 heterocycles. The van der Waals surface area contributed by atoms with E-state index in [0.717, 1.165) is 23.4 Å². The van der Waals surface area contributed by atoms with E-state index >= 15 is 0 Å². The van der Waals surface area contributed by atoms with E-state index in [-0.39, 0.29) is 5.78 Å². The normalized spacial score (nSPS) is 11.7. The average molecular weight is 507 g/mol. The summed E-state index contributed by atoms with van der Waals surface area (Å²) < 4.78 is 18.2. The summed E-state index contributed by atoms with van der Waals surface area (Å²) >= 11 is 0. The van der Waals surface area contributed by atoms with Gasteiger partial charge >= 0.3 is 5.97 Å². The third-order valence-electron chi connectivity index (χ3n) is 5.68. The Morgan fingerprint density at radius 2 is 1.14 bits per heavy atom. The highest BCUT2D eigenvalue weighted by Gasteiger charge is 2.34. The van der Waals surface area contributed by atoms with E-state index in [2.05, 4.69) is 32.3 Å². The van der Waals surface area contributed by atoms with E-state index in [1.165, 1.54) is 12.5 Å². The van der Waals surface area contributed by atoms with Gasteiger partial charge in [-0.15, -0.1) is 0 Å². The fourth-order valence-corrected chi connectivity index (χ4v) is 13.3. The highest BCUT2D eigenvalue weighted by molar-refractivity contribution is 6.84. The number of rotatable bonds is 10.